The van der Waals surface area contributed by atoms with Gasteiger partial charge in [-0.25, -0.2) is 0 Å². The first-order valence-electron chi connectivity index (χ1n) is 4.68. The molecule has 0 unspecified atom stereocenters. The molecule has 1 atom stereocenters. The van der Waals surface area contributed by atoms with Crippen molar-refractivity contribution in [1.82, 2.24) is 0 Å². The zero-order valence-corrected chi connectivity index (χ0v) is 8.71. The molecule has 0 saturated heterocycles. The molecular weight excluding hydrogens is 219 g/mol. The van der Waals surface area contributed by atoms with Gasteiger partial charge in [0.1, 0.15) is 11.3 Å². The third-order valence-electron chi connectivity index (χ3n) is 2.32. The molecule has 2 N–H and O–H groups in total. The van der Waals surface area contributed by atoms with Crippen LogP contribution in [0.15, 0.2) is 30.3 Å². The zero-order chi connectivity index (χ0) is 12.4. The lowest BCUT2D eigenvalue weighted by atomic mass is 9.85. The van der Waals surface area contributed by atoms with Crippen molar-refractivity contribution in [3.8, 4) is 0 Å². The van der Waals surface area contributed by atoms with Crippen LogP contribution in [0.4, 0.5) is 13.2 Å². The van der Waals surface area contributed by atoms with Crippen molar-refractivity contribution in [3.05, 3.63) is 35.9 Å². The maximum absolute atomic E-state index is 12.9. The molecule has 0 fully saturated rings. The Morgan fingerprint density at radius 3 is 2.12 bits per heavy atom. The highest BCUT2D eigenvalue weighted by Crippen LogP contribution is 2.39. The van der Waals surface area contributed by atoms with Crippen LogP contribution in [-0.2, 0) is 10.3 Å². The molecule has 0 aliphatic heterocycles. The molecule has 0 spiro atoms. The van der Waals surface area contributed by atoms with E-state index >= 15 is 0 Å². The Hall–Kier alpha value is -1.36. The Morgan fingerprint density at radius 2 is 1.75 bits per heavy atom. The molecule has 1 aromatic carbocycles. The minimum absolute atomic E-state index is 0.0994. The molecule has 0 aliphatic rings. The zero-order valence-electron chi connectivity index (χ0n) is 8.71. The summed E-state index contributed by atoms with van der Waals surface area (Å²) in [5.74, 6) is -0.594. The molecule has 1 aromatic rings. The van der Waals surface area contributed by atoms with E-state index in [9.17, 15) is 18.0 Å². The molecule has 0 aromatic heterocycles. The highest BCUT2D eigenvalue weighted by Gasteiger charge is 2.53. The van der Waals surface area contributed by atoms with Crippen LogP contribution in [0.3, 0.4) is 0 Å². The van der Waals surface area contributed by atoms with Crippen molar-refractivity contribution in [2.24, 2.45) is 5.73 Å². The topological polar surface area (TPSA) is 43.1 Å². The standard InChI is InChI=1S/C11H12F3NO/c1-8(16)7-10(15,11(12,13)14)9-5-3-2-4-6-9/h2-6H,7,15H2,1H3/t10-/m1/s1. The number of hydrogen-bond acceptors (Lipinski definition) is 2. The Balaban J connectivity index is 3.21. The first-order valence-corrected chi connectivity index (χ1v) is 4.68. The second-order valence-electron chi connectivity index (χ2n) is 3.71. The highest BCUT2D eigenvalue weighted by molar-refractivity contribution is 5.77. The number of alkyl halides is 3. The lowest BCUT2D eigenvalue weighted by Gasteiger charge is -2.31. The van der Waals surface area contributed by atoms with Crippen molar-refractivity contribution in [2.45, 2.75) is 25.1 Å². The summed E-state index contributed by atoms with van der Waals surface area (Å²) >= 11 is 0. The Bertz CT molecular complexity index is 375. The van der Waals surface area contributed by atoms with Gasteiger partial charge in [-0.1, -0.05) is 30.3 Å². The SMILES string of the molecule is CC(=O)C[C@@](N)(c1ccccc1)C(F)(F)F. The fourth-order valence-electron chi connectivity index (χ4n) is 1.49. The fourth-order valence-corrected chi connectivity index (χ4v) is 1.49. The van der Waals surface area contributed by atoms with Crippen LogP contribution in [0.2, 0.25) is 0 Å². The number of benzene rings is 1. The van der Waals surface area contributed by atoms with Gasteiger partial charge in [-0.2, -0.15) is 13.2 Å². The van der Waals surface area contributed by atoms with Crippen LogP contribution in [-0.4, -0.2) is 12.0 Å². The van der Waals surface area contributed by atoms with E-state index in [0.717, 1.165) is 6.92 Å². The third kappa shape index (κ3) is 2.41. The first-order chi connectivity index (χ1) is 7.27. The van der Waals surface area contributed by atoms with E-state index in [1.54, 1.807) is 6.07 Å². The maximum Gasteiger partial charge on any atom is 0.411 e. The molecule has 16 heavy (non-hydrogen) atoms. The number of carbonyl (C=O) groups excluding carboxylic acids is 1. The smallest absolute Gasteiger partial charge is 0.314 e. The number of ketones is 1. The molecule has 0 saturated carbocycles. The predicted molar refractivity (Wildman–Crippen MR) is 53.7 cm³/mol. The number of rotatable bonds is 3. The monoisotopic (exact) mass is 231 g/mol. The molecule has 2 nitrogen and oxygen atoms in total. The molecule has 5 heteroatoms. The summed E-state index contributed by atoms with van der Waals surface area (Å²) in [6.07, 6.45) is -5.40. The summed E-state index contributed by atoms with van der Waals surface area (Å²) in [7, 11) is 0. The number of Topliss-reactive ketones (excluding diaryl/α,β-unsaturated/α-hetero) is 1. The lowest BCUT2D eigenvalue weighted by molar-refractivity contribution is -0.192. The van der Waals surface area contributed by atoms with Gasteiger partial charge in [0.15, 0.2) is 0 Å². The minimum Gasteiger partial charge on any atom is -0.314 e. The van der Waals surface area contributed by atoms with E-state index < -0.39 is 23.9 Å². The average Bonchev–Trinajstić information content (AvgIpc) is 2.16. The summed E-state index contributed by atoms with van der Waals surface area (Å²) in [5, 5.41) is 0. The van der Waals surface area contributed by atoms with E-state index in [2.05, 4.69) is 0 Å². The van der Waals surface area contributed by atoms with Gasteiger partial charge in [-0.15, -0.1) is 0 Å². The summed E-state index contributed by atoms with van der Waals surface area (Å²) in [4.78, 5) is 10.9. The van der Waals surface area contributed by atoms with Gasteiger partial charge in [0.25, 0.3) is 0 Å². The molecule has 0 bridgehead atoms. The van der Waals surface area contributed by atoms with E-state index in [-0.39, 0.29) is 5.56 Å². The van der Waals surface area contributed by atoms with Crippen molar-refractivity contribution in [3.63, 3.8) is 0 Å². The van der Waals surface area contributed by atoms with Gasteiger partial charge < -0.3 is 5.73 Å². The van der Waals surface area contributed by atoms with Crippen molar-refractivity contribution in [1.29, 1.82) is 0 Å². The quantitative estimate of drug-likeness (QED) is 0.867. The largest absolute Gasteiger partial charge is 0.411 e. The Kier molecular flexibility index (Phi) is 3.38. The molecule has 0 heterocycles. The summed E-state index contributed by atoms with van der Waals surface area (Å²) < 4.78 is 38.6. The first kappa shape index (κ1) is 12.7. The van der Waals surface area contributed by atoms with Crippen LogP contribution >= 0.6 is 0 Å². The van der Waals surface area contributed by atoms with E-state index in [1.807, 2.05) is 0 Å². The average molecular weight is 231 g/mol. The molecule has 0 aliphatic carbocycles. The summed E-state index contributed by atoms with van der Waals surface area (Å²) in [6.45, 7) is 1.09. The molecule has 1 rings (SSSR count). The lowest BCUT2D eigenvalue weighted by Crippen LogP contribution is -2.51. The van der Waals surface area contributed by atoms with Gasteiger partial charge in [-0.05, 0) is 12.5 Å². The van der Waals surface area contributed by atoms with Crippen LogP contribution in [0.1, 0.15) is 18.9 Å². The second kappa shape index (κ2) is 4.25. The van der Waals surface area contributed by atoms with Gasteiger partial charge in [0, 0.05) is 6.42 Å². The Labute approximate surface area is 91.3 Å². The number of halogens is 3. The van der Waals surface area contributed by atoms with Crippen LogP contribution < -0.4 is 5.73 Å². The van der Waals surface area contributed by atoms with Crippen LogP contribution in [0, 0.1) is 0 Å². The predicted octanol–water partition coefficient (Wildman–Crippen LogP) is 2.38. The third-order valence-corrected chi connectivity index (χ3v) is 2.32. The summed E-state index contributed by atoms with van der Waals surface area (Å²) in [6, 6.07) is 7.06. The van der Waals surface area contributed by atoms with Gasteiger partial charge in [0.05, 0.1) is 0 Å². The van der Waals surface area contributed by atoms with E-state index in [0.29, 0.717) is 0 Å². The maximum atomic E-state index is 12.9. The van der Waals surface area contributed by atoms with E-state index in [4.69, 9.17) is 5.73 Å². The number of nitrogens with two attached hydrogens (primary N) is 1. The van der Waals surface area contributed by atoms with Crippen LogP contribution in [0.25, 0.3) is 0 Å². The van der Waals surface area contributed by atoms with E-state index in [1.165, 1.54) is 24.3 Å². The Morgan fingerprint density at radius 1 is 1.25 bits per heavy atom. The molecule has 0 radical (unpaired) electrons. The number of carbonyl (C=O) groups is 1. The normalized spacial score (nSPS) is 15.6. The molecular formula is C11H12F3NO. The summed E-state index contributed by atoms with van der Waals surface area (Å²) in [5.41, 5.74) is 2.66. The molecule has 88 valence electrons. The van der Waals surface area contributed by atoms with Crippen molar-refractivity contribution < 1.29 is 18.0 Å². The van der Waals surface area contributed by atoms with Crippen molar-refractivity contribution >= 4 is 5.78 Å². The van der Waals surface area contributed by atoms with Crippen LogP contribution in [0.5, 0.6) is 0 Å². The molecule has 0 amide bonds. The second-order valence-corrected chi connectivity index (χ2v) is 3.71. The highest BCUT2D eigenvalue weighted by atomic mass is 19.4. The van der Waals surface area contributed by atoms with Crippen molar-refractivity contribution in [2.75, 3.05) is 0 Å². The number of hydrogen-bond donors (Lipinski definition) is 1. The van der Waals surface area contributed by atoms with Gasteiger partial charge >= 0.3 is 6.18 Å². The van der Waals surface area contributed by atoms with Gasteiger partial charge in [0.2, 0.25) is 0 Å². The minimum atomic E-state index is -4.65. The van der Waals surface area contributed by atoms with Gasteiger partial charge in [-0.3, -0.25) is 4.79 Å². The fraction of sp³-hybridized carbons (Fsp3) is 0.364.